The molecule has 2 heterocycles. The molecule has 0 spiro atoms. The molecule has 1 aliphatic rings. The minimum absolute atomic E-state index is 0.0797. The maximum atomic E-state index is 11.8. The van der Waals surface area contributed by atoms with Gasteiger partial charge in [-0.25, -0.2) is 4.98 Å². The van der Waals surface area contributed by atoms with Crippen molar-refractivity contribution in [1.29, 1.82) is 0 Å². The van der Waals surface area contributed by atoms with Crippen LogP contribution in [0.4, 0.5) is 0 Å². The van der Waals surface area contributed by atoms with Gasteiger partial charge >= 0.3 is 0 Å². The summed E-state index contributed by atoms with van der Waals surface area (Å²) in [4.78, 5) is 19.4. The molecule has 0 radical (unpaired) electrons. The number of imidazole rings is 1. The standard InChI is InChI=1S/C15H17N3O2/c19-15-14-12(7-4-9-16-15)17-13(18-14)8-10-20-11-5-2-1-3-6-11/h1-3,5-6H,4,7-10H2,(H,16,19)(H,17,18). The third kappa shape index (κ3) is 2.82. The van der Waals surface area contributed by atoms with Crippen molar-refractivity contribution in [2.75, 3.05) is 13.2 Å². The molecule has 1 aromatic heterocycles. The summed E-state index contributed by atoms with van der Waals surface area (Å²) in [6.07, 6.45) is 2.47. The van der Waals surface area contributed by atoms with Crippen molar-refractivity contribution in [3.8, 4) is 5.75 Å². The van der Waals surface area contributed by atoms with Crippen LogP contribution in [0.3, 0.4) is 0 Å². The fraction of sp³-hybridized carbons (Fsp3) is 0.333. The molecule has 5 heteroatoms. The summed E-state index contributed by atoms with van der Waals surface area (Å²) >= 11 is 0. The number of aromatic nitrogens is 2. The first kappa shape index (κ1) is 12.7. The third-order valence-electron chi connectivity index (χ3n) is 3.28. The minimum atomic E-state index is -0.0797. The first-order valence-corrected chi connectivity index (χ1v) is 6.87. The highest BCUT2D eigenvalue weighted by Crippen LogP contribution is 2.13. The Hall–Kier alpha value is -2.30. The van der Waals surface area contributed by atoms with E-state index in [1.807, 2.05) is 30.3 Å². The maximum Gasteiger partial charge on any atom is 0.271 e. The van der Waals surface area contributed by atoms with Gasteiger partial charge in [-0.2, -0.15) is 0 Å². The van der Waals surface area contributed by atoms with Gasteiger partial charge in [-0.3, -0.25) is 4.79 Å². The molecule has 3 rings (SSSR count). The second kappa shape index (κ2) is 5.77. The van der Waals surface area contributed by atoms with Crippen molar-refractivity contribution >= 4 is 5.91 Å². The Morgan fingerprint density at radius 1 is 1.25 bits per heavy atom. The number of benzene rings is 1. The largest absolute Gasteiger partial charge is 0.493 e. The number of nitrogens with one attached hydrogen (secondary N) is 2. The molecule has 0 aliphatic carbocycles. The summed E-state index contributed by atoms with van der Waals surface area (Å²) in [7, 11) is 0. The number of aryl methyl sites for hydroxylation is 1. The Labute approximate surface area is 117 Å². The van der Waals surface area contributed by atoms with Gasteiger partial charge in [0.1, 0.15) is 17.3 Å². The average Bonchev–Trinajstić information content (AvgIpc) is 2.80. The molecule has 104 valence electrons. The van der Waals surface area contributed by atoms with Crippen LogP contribution in [0.2, 0.25) is 0 Å². The van der Waals surface area contributed by atoms with Gasteiger partial charge in [-0.15, -0.1) is 0 Å². The van der Waals surface area contributed by atoms with E-state index in [9.17, 15) is 4.79 Å². The van der Waals surface area contributed by atoms with E-state index in [1.54, 1.807) is 0 Å². The average molecular weight is 271 g/mol. The molecule has 20 heavy (non-hydrogen) atoms. The topological polar surface area (TPSA) is 67.0 Å². The molecule has 1 aromatic carbocycles. The molecule has 5 nitrogen and oxygen atoms in total. The van der Waals surface area contributed by atoms with Gasteiger partial charge in [0.2, 0.25) is 0 Å². The Morgan fingerprint density at radius 2 is 2.10 bits per heavy atom. The minimum Gasteiger partial charge on any atom is -0.493 e. The van der Waals surface area contributed by atoms with Gasteiger partial charge in [-0.05, 0) is 25.0 Å². The molecule has 0 saturated carbocycles. The van der Waals surface area contributed by atoms with Crippen LogP contribution in [0, 0.1) is 0 Å². The van der Waals surface area contributed by atoms with Crippen LogP contribution in [0.25, 0.3) is 0 Å². The number of H-pyrrole nitrogens is 1. The van der Waals surface area contributed by atoms with Crippen LogP contribution in [-0.4, -0.2) is 29.0 Å². The number of hydrogen-bond acceptors (Lipinski definition) is 3. The lowest BCUT2D eigenvalue weighted by atomic mass is 10.2. The summed E-state index contributed by atoms with van der Waals surface area (Å²) in [6, 6.07) is 9.67. The summed E-state index contributed by atoms with van der Waals surface area (Å²) in [5, 5.41) is 2.84. The van der Waals surface area contributed by atoms with Crippen molar-refractivity contribution in [1.82, 2.24) is 15.3 Å². The number of amides is 1. The number of ether oxygens (including phenoxy) is 1. The number of carbonyl (C=O) groups excluding carboxylic acids is 1. The molecule has 1 amide bonds. The van der Waals surface area contributed by atoms with Gasteiger partial charge in [0.05, 0.1) is 6.61 Å². The van der Waals surface area contributed by atoms with Gasteiger partial charge in [0.15, 0.2) is 0 Å². The van der Waals surface area contributed by atoms with Gasteiger partial charge in [-0.1, -0.05) is 18.2 Å². The Balaban J connectivity index is 1.61. The first-order chi connectivity index (χ1) is 9.83. The molecule has 0 atom stereocenters. The number of aromatic amines is 1. The van der Waals surface area contributed by atoms with E-state index in [0.29, 0.717) is 18.7 Å². The molecule has 0 saturated heterocycles. The molecular weight excluding hydrogens is 254 g/mol. The van der Waals surface area contributed by atoms with Crippen LogP contribution in [-0.2, 0) is 12.8 Å². The van der Waals surface area contributed by atoms with E-state index in [0.717, 1.165) is 36.7 Å². The van der Waals surface area contributed by atoms with Crippen LogP contribution in [0.15, 0.2) is 30.3 Å². The molecule has 0 unspecified atom stereocenters. The summed E-state index contributed by atoms with van der Waals surface area (Å²) in [6.45, 7) is 1.26. The normalized spacial score (nSPS) is 14.3. The predicted octanol–water partition coefficient (Wildman–Crippen LogP) is 1.71. The van der Waals surface area contributed by atoms with E-state index >= 15 is 0 Å². The van der Waals surface area contributed by atoms with Gasteiger partial charge < -0.3 is 15.0 Å². The van der Waals surface area contributed by atoms with Crippen LogP contribution in [0.1, 0.15) is 28.4 Å². The number of rotatable bonds is 4. The van der Waals surface area contributed by atoms with Gasteiger partial charge in [0, 0.05) is 18.7 Å². The quantitative estimate of drug-likeness (QED) is 0.889. The van der Waals surface area contributed by atoms with E-state index in [1.165, 1.54) is 0 Å². The Morgan fingerprint density at radius 3 is 2.95 bits per heavy atom. The highest BCUT2D eigenvalue weighted by molar-refractivity contribution is 5.93. The zero-order valence-corrected chi connectivity index (χ0v) is 11.2. The van der Waals surface area contributed by atoms with E-state index < -0.39 is 0 Å². The van der Waals surface area contributed by atoms with Crippen LogP contribution < -0.4 is 10.1 Å². The zero-order valence-electron chi connectivity index (χ0n) is 11.2. The Bertz CT molecular complexity index is 592. The van der Waals surface area contributed by atoms with Crippen molar-refractivity contribution in [3.63, 3.8) is 0 Å². The fourth-order valence-corrected chi connectivity index (χ4v) is 2.28. The monoisotopic (exact) mass is 271 g/mol. The second-order valence-corrected chi connectivity index (χ2v) is 4.78. The van der Waals surface area contributed by atoms with Crippen LogP contribution >= 0.6 is 0 Å². The summed E-state index contributed by atoms with van der Waals surface area (Å²) in [5.41, 5.74) is 1.48. The lowest BCUT2D eigenvalue weighted by Crippen LogP contribution is -2.23. The predicted molar refractivity (Wildman–Crippen MR) is 74.9 cm³/mol. The second-order valence-electron chi connectivity index (χ2n) is 4.78. The van der Waals surface area contributed by atoms with Crippen molar-refractivity contribution in [2.24, 2.45) is 0 Å². The van der Waals surface area contributed by atoms with Crippen molar-refractivity contribution in [3.05, 3.63) is 47.5 Å². The van der Waals surface area contributed by atoms with E-state index in [-0.39, 0.29) is 5.91 Å². The van der Waals surface area contributed by atoms with Gasteiger partial charge in [0.25, 0.3) is 5.91 Å². The number of nitrogens with zero attached hydrogens (tertiary/aromatic N) is 1. The number of carbonyl (C=O) groups is 1. The number of hydrogen-bond donors (Lipinski definition) is 2. The maximum absolute atomic E-state index is 11.8. The summed E-state index contributed by atoms with van der Waals surface area (Å²) in [5.74, 6) is 1.57. The van der Waals surface area contributed by atoms with Crippen molar-refractivity contribution < 1.29 is 9.53 Å². The number of para-hydroxylation sites is 1. The van der Waals surface area contributed by atoms with Crippen LogP contribution in [0.5, 0.6) is 5.75 Å². The lowest BCUT2D eigenvalue weighted by molar-refractivity contribution is 0.0951. The van der Waals surface area contributed by atoms with E-state index in [4.69, 9.17) is 4.74 Å². The molecule has 0 fully saturated rings. The van der Waals surface area contributed by atoms with Crippen molar-refractivity contribution in [2.45, 2.75) is 19.3 Å². The molecular formula is C15H17N3O2. The number of fused-ring (bicyclic) bond motifs is 1. The lowest BCUT2D eigenvalue weighted by Gasteiger charge is -2.04. The highest BCUT2D eigenvalue weighted by atomic mass is 16.5. The summed E-state index contributed by atoms with van der Waals surface area (Å²) < 4.78 is 5.63. The smallest absolute Gasteiger partial charge is 0.271 e. The first-order valence-electron chi connectivity index (χ1n) is 6.87. The molecule has 2 N–H and O–H groups in total. The molecule has 2 aromatic rings. The highest BCUT2D eigenvalue weighted by Gasteiger charge is 2.19. The Kier molecular flexibility index (Phi) is 3.67. The zero-order chi connectivity index (χ0) is 13.8. The fourth-order valence-electron chi connectivity index (χ4n) is 2.28. The van der Waals surface area contributed by atoms with E-state index in [2.05, 4.69) is 15.3 Å². The SMILES string of the molecule is O=C1NCCCc2[nH]c(CCOc3ccccc3)nc21. The third-order valence-corrected chi connectivity index (χ3v) is 3.28. The molecule has 0 bridgehead atoms. The molecule has 1 aliphatic heterocycles.